The van der Waals surface area contributed by atoms with E-state index in [1.54, 1.807) is 40.9 Å². The van der Waals surface area contributed by atoms with Crippen LogP contribution in [0, 0.1) is 16.6 Å². The van der Waals surface area contributed by atoms with Gasteiger partial charge in [-0.1, -0.05) is 19.1 Å². The zero-order chi connectivity index (χ0) is 24.2. The van der Waals surface area contributed by atoms with Crippen molar-refractivity contribution in [3.8, 4) is 17.3 Å². The lowest BCUT2D eigenvalue weighted by Crippen LogP contribution is -2.62. The predicted molar refractivity (Wildman–Crippen MR) is 123 cm³/mol. The Morgan fingerprint density at radius 1 is 1.24 bits per heavy atom. The highest BCUT2D eigenvalue weighted by atomic mass is 19.3. The average Bonchev–Trinajstić information content (AvgIpc) is 3.26. The number of hydrogen-bond donors (Lipinski definition) is 2. The van der Waals surface area contributed by atoms with Gasteiger partial charge in [-0.25, -0.2) is 23.1 Å². The van der Waals surface area contributed by atoms with Gasteiger partial charge in [0, 0.05) is 36.8 Å². The van der Waals surface area contributed by atoms with Crippen LogP contribution in [0.4, 0.5) is 24.7 Å². The normalized spacial score (nSPS) is 19.7. The first-order chi connectivity index (χ1) is 16.2. The molecule has 3 aromatic rings. The maximum atomic E-state index is 13.8. The first kappa shape index (κ1) is 22.1. The van der Waals surface area contributed by atoms with Gasteiger partial charge in [-0.15, -0.1) is 0 Å². The number of nitrogens with zero attached hydrogens (tertiary/aromatic N) is 6. The van der Waals surface area contributed by atoms with Crippen molar-refractivity contribution < 1.29 is 13.2 Å². The molecular formula is C23H23F3N8. The number of rotatable bonds is 4. The monoisotopic (exact) mass is 468 g/mol. The number of alkyl halides is 2. The number of aromatic nitrogens is 4. The highest BCUT2D eigenvalue weighted by Crippen LogP contribution is 2.46. The summed E-state index contributed by atoms with van der Waals surface area (Å²) in [5, 5.41) is 16.9. The Morgan fingerprint density at radius 3 is 2.65 bits per heavy atom. The van der Waals surface area contributed by atoms with Crippen molar-refractivity contribution in [1.29, 1.82) is 10.8 Å². The highest BCUT2D eigenvalue weighted by molar-refractivity contribution is 6.21. The lowest BCUT2D eigenvalue weighted by atomic mass is 9.84. The molecule has 2 aromatic heterocycles. The molecule has 0 spiro atoms. The molecule has 0 radical (unpaired) electrons. The van der Waals surface area contributed by atoms with E-state index in [1.807, 2.05) is 6.92 Å². The minimum atomic E-state index is -2.75. The SMILES string of the molecule is CC[C@@H]1C(=N)N(C(C)=N)c2cnc(-n3ccnc3-c3cccc(F)c3)nc2N1C1CC(F)(F)C1. The fourth-order valence-corrected chi connectivity index (χ4v) is 4.69. The lowest BCUT2D eigenvalue weighted by Gasteiger charge is -2.51. The van der Waals surface area contributed by atoms with Crippen molar-refractivity contribution in [3.63, 3.8) is 0 Å². The van der Waals surface area contributed by atoms with Gasteiger partial charge in [-0.2, -0.15) is 4.98 Å². The van der Waals surface area contributed by atoms with E-state index in [4.69, 9.17) is 15.8 Å². The number of amidine groups is 2. The summed E-state index contributed by atoms with van der Waals surface area (Å²) in [5.41, 5.74) is 0.931. The number of halogens is 3. The maximum absolute atomic E-state index is 13.8. The third-order valence-electron chi connectivity index (χ3n) is 6.24. The van der Waals surface area contributed by atoms with Crippen molar-refractivity contribution in [3.05, 3.63) is 48.7 Å². The molecule has 176 valence electrons. The molecule has 2 aliphatic rings. The minimum Gasteiger partial charge on any atom is -0.341 e. The van der Waals surface area contributed by atoms with Gasteiger partial charge in [0.15, 0.2) is 5.82 Å². The second-order valence-corrected chi connectivity index (χ2v) is 8.57. The lowest BCUT2D eigenvalue weighted by molar-refractivity contribution is -0.0867. The predicted octanol–water partition coefficient (Wildman–Crippen LogP) is 4.65. The summed E-state index contributed by atoms with van der Waals surface area (Å²) in [6.45, 7) is 3.44. The third-order valence-corrected chi connectivity index (χ3v) is 6.24. The molecule has 1 aliphatic heterocycles. The maximum Gasteiger partial charge on any atom is 0.252 e. The molecule has 2 N–H and O–H groups in total. The number of anilines is 2. The molecule has 11 heteroatoms. The van der Waals surface area contributed by atoms with Crippen LogP contribution < -0.4 is 9.80 Å². The molecule has 1 saturated carbocycles. The van der Waals surface area contributed by atoms with Crippen LogP contribution in [0.15, 0.2) is 42.9 Å². The standard InChI is InChI=1S/C23H23F3N8/c1-3-17-19(28)33(13(2)27)18-12-30-22(31-21(18)34(17)16-10-23(25,26)11-16)32-8-7-29-20(32)14-5-4-6-15(24)9-14/h4-9,12,16-17,27-28H,3,10-11H2,1-2H3/t17-/m1/s1. The van der Waals surface area contributed by atoms with Gasteiger partial charge in [0.1, 0.15) is 29.0 Å². The molecule has 1 aliphatic carbocycles. The molecule has 8 nitrogen and oxygen atoms in total. The average molecular weight is 468 g/mol. The molecule has 3 heterocycles. The van der Waals surface area contributed by atoms with Gasteiger partial charge in [0.05, 0.1) is 12.2 Å². The molecule has 1 aromatic carbocycles. The van der Waals surface area contributed by atoms with Crippen LogP contribution in [0.1, 0.15) is 33.1 Å². The summed E-state index contributed by atoms with van der Waals surface area (Å²) >= 11 is 0. The van der Waals surface area contributed by atoms with Crippen LogP contribution in [0.5, 0.6) is 0 Å². The number of imidazole rings is 1. The van der Waals surface area contributed by atoms with Crippen LogP contribution in [0.25, 0.3) is 17.3 Å². The summed E-state index contributed by atoms with van der Waals surface area (Å²) < 4.78 is 43.1. The van der Waals surface area contributed by atoms with E-state index in [0.29, 0.717) is 29.3 Å². The largest absolute Gasteiger partial charge is 0.341 e. The molecule has 34 heavy (non-hydrogen) atoms. The van der Waals surface area contributed by atoms with E-state index in [9.17, 15) is 13.2 Å². The molecule has 5 rings (SSSR count). The summed E-state index contributed by atoms with van der Waals surface area (Å²) in [6, 6.07) is 5.00. The van der Waals surface area contributed by atoms with Crippen molar-refractivity contribution in [2.75, 3.05) is 9.80 Å². The first-order valence-electron chi connectivity index (χ1n) is 11.0. The summed E-state index contributed by atoms with van der Waals surface area (Å²) in [5.74, 6) is -1.85. The Labute approximate surface area is 194 Å². The fraction of sp³-hybridized carbons (Fsp3) is 0.348. The van der Waals surface area contributed by atoms with Crippen LogP contribution >= 0.6 is 0 Å². The van der Waals surface area contributed by atoms with E-state index >= 15 is 0 Å². The summed E-state index contributed by atoms with van der Waals surface area (Å²) in [7, 11) is 0. The number of benzene rings is 1. The molecule has 0 bridgehead atoms. The second kappa shape index (κ2) is 7.93. The van der Waals surface area contributed by atoms with E-state index in [-0.39, 0.29) is 30.5 Å². The quantitative estimate of drug-likeness (QED) is 0.429. The summed E-state index contributed by atoms with van der Waals surface area (Å²) in [4.78, 5) is 16.7. The van der Waals surface area contributed by atoms with E-state index in [2.05, 4.69) is 9.97 Å². The van der Waals surface area contributed by atoms with Gasteiger partial charge in [0.2, 0.25) is 5.95 Å². The molecule has 0 amide bonds. The zero-order valence-electron chi connectivity index (χ0n) is 18.6. The minimum absolute atomic E-state index is 0.114. The fourth-order valence-electron chi connectivity index (χ4n) is 4.69. The van der Waals surface area contributed by atoms with Crippen LogP contribution in [-0.4, -0.2) is 49.2 Å². The number of hydrogen-bond acceptors (Lipinski definition) is 6. The van der Waals surface area contributed by atoms with Gasteiger partial charge in [-0.05, 0) is 25.5 Å². The van der Waals surface area contributed by atoms with E-state index in [0.717, 1.165) is 0 Å². The molecule has 0 saturated heterocycles. The Balaban J connectivity index is 1.65. The number of fused-ring (bicyclic) bond motifs is 1. The highest BCUT2D eigenvalue weighted by Gasteiger charge is 2.52. The van der Waals surface area contributed by atoms with Crippen molar-refractivity contribution in [2.45, 2.75) is 51.1 Å². The second-order valence-electron chi connectivity index (χ2n) is 8.57. The third kappa shape index (κ3) is 3.51. The van der Waals surface area contributed by atoms with Crippen LogP contribution in [0.3, 0.4) is 0 Å². The Bertz CT molecular complexity index is 1280. The summed E-state index contributed by atoms with van der Waals surface area (Å²) in [6.07, 6.45) is 4.54. The van der Waals surface area contributed by atoms with E-state index < -0.39 is 23.8 Å². The number of nitrogens with one attached hydrogen (secondary N) is 2. The smallest absolute Gasteiger partial charge is 0.252 e. The topological polar surface area (TPSA) is 97.8 Å². The zero-order valence-corrected chi connectivity index (χ0v) is 18.6. The van der Waals surface area contributed by atoms with Crippen LogP contribution in [0.2, 0.25) is 0 Å². The van der Waals surface area contributed by atoms with Crippen molar-refractivity contribution in [1.82, 2.24) is 19.5 Å². The van der Waals surface area contributed by atoms with Gasteiger partial charge < -0.3 is 4.90 Å². The first-order valence-corrected chi connectivity index (χ1v) is 11.0. The Hall–Kier alpha value is -3.76. The molecule has 1 fully saturated rings. The Morgan fingerprint density at radius 2 is 2.00 bits per heavy atom. The molecular weight excluding hydrogens is 445 g/mol. The van der Waals surface area contributed by atoms with Gasteiger partial charge in [-0.3, -0.25) is 20.3 Å². The van der Waals surface area contributed by atoms with Crippen molar-refractivity contribution in [2.24, 2.45) is 0 Å². The van der Waals surface area contributed by atoms with Crippen LogP contribution in [-0.2, 0) is 0 Å². The van der Waals surface area contributed by atoms with Gasteiger partial charge in [0.25, 0.3) is 5.92 Å². The molecule has 1 atom stereocenters. The Kier molecular flexibility index (Phi) is 5.14. The van der Waals surface area contributed by atoms with Gasteiger partial charge >= 0.3 is 0 Å². The molecule has 0 unspecified atom stereocenters. The van der Waals surface area contributed by atoms with E-state index in [1.165, 1.54) is 23.2 Å². The van der Waals surface area contributed by atoms with Crippen molar-refractivity contribution >= 4 is 23.2 Å².